The maximum atomic E-state index is 10.1. The van der Waals surface area contributed by atoms with Gasteiger partial charge < -0.3 is 25.2 Å². The standard InChI is InChI=1S/C13H23N3O5/c1-2-3-4-8-6-16(15-14-8)13-10(19)5-9(18)12(20)11(7-17)21-13/h6,9-13,17-20H,2-5,7H2,1H3/t9-,10-,11-,12+,13-/m1/s1. The van der Waals surface area contributed by atoms with Crippen LogP contribution < -0.4 is 0 Å². The highest BCUT2D eigenvalue weighted by Crippen LogP contribution is 2.26. The fourth-order valence-corrected chi connectivity index (χ4v) is 2.40. The maximum absolute atomic E-state index is 10.1. The summed E-state index contributed by atoms with van der Waals surface area (Å²) >= 11 is 0. The lowest BCUT2D eigenvalue weighted by Crippen LogP contribution is -2.39. The molecule has 0 radical (unpaired) electrons. The van der Waals surface area contributed by atoms with E-state index < -0.39 is 37.3 Å². The van der Waals surface area contributed by atoms with E-state index in [1.807, 2.05) is 0 Å². The van der Waals surface area contributed by atoms with E-state index in [9.17, 15) is 20.4 Å². The van der Waals surface area contributed by atoms with Gasteiger partial charge in [-0.25, -0.2) is 4.68 Å². The number of aliphatic hydroxyl groups is 4. The third-order valence-electron chi connectivity index (χ3n) is 3.69. The highest BCUT2D eigenvalue weighted by atomic mass is 16.5. The average molecular weight is 301 g/mol. The number of aryl methyl sites for hydroxylation is 1. The van der Waals surface area contributed by atoms with Crippen molar-refractivity contribution in [2.75, 3.05) is 6.61 Å². The summed E-state index contributed by atoms with van der Waals surface area (Å²) in [5, 5.41) is 46.9. The van der Waals surface area contributed by atoms with Gasteiger partial charge in [-0.3, -0.25) is 0 Å². The van der Waals surface area contributed by atoms with Gasteiger partial charge >= 0.3 is 0 Å². The number of ether oxygens (including phenoxy) is 1. The SMILES string of the molecule is CCCCc1cn([C@@H]2O[C@H](CO)[C@@H](O)[C@H](O)C[C@H]2O)nn1. The molecule has 1 aromatic rings. The second-order valence-corrected chi connectivity index (χ2v) is 5.40. The van der Waals surface area contributed by atoms with E-state index in [1.54, 1.807) is 6.20 Å². The molecular formula is C13H23N3O5. The van der Waals surface area contributed by atoms with Crippen LogP contribution in [0.25, 0.3) is 0 Å². The second kappa shape index (κ2) is 7.28. The molecule has 1 fully saturated rings. The molecule has 4 N–H and O–H groups in total. The van der Waals surface area contributed by atoms with Crippen molar-refractivity contribution < 1.29 is 25.2 Å². The van der Waals surface area contributed by atoms with Crippen molar-refractivity contribution >= 4 is 0 Å². The molecule has 120 valence electrons. The van der Waals surface area contributed by atoms with Gasteiger partial charge in [0.25, 0.3) is 0 Å². The highest BCUT2D eigenvalue weighted by molar-refractivity contribution is 4.94. The van der Waals surface area contributed by atoms with Gasteiger partial charge in [0.15, 0.2) is 6.23 Å². The number of hydrogen-bond acceptors (Lipinski definition) is 7. The fourth-order valence-electron chi connectivity index (χ4n) is 2.40. The van der Waals surface area contributed by atoms with Crippen LogP contribution in [0.1, 0.15) is 38.1 Å². The molecule has 0 aliphatic carbocycles. The largest absolute Gasteiger partial charge is 0.394 e. The van der Waals surface area contributed by atoms with Crippen LogP contribution in [0.2, 0.25) is 0 Å². The number of rotatable bonds is 5. The van der Waals surface area contributed by atoms with Gasteiger partial charge in [0, 0.05) is 6.42 Å². The van der Waals surface area contributed by atoms with Gasteiger partial charge in [-0.2, -0.15) is 0 Å². The van der Waals surface area contributed by atoms with Crippen molar-refractivity contribution in [2.45, 2.75) is 63.3 Å². The number of aromatic nitrogens is 3. The highest BCUT2D eigenvalue weighted by Gasteiger charge is 2.39. The molecule has 0 bridgehead atoms. The van der Waals surface area contributed by atoms with E-state index in [0.717, 1.165) is 25.0 Å². The first-order valence-electron chi connectivity index (χ1n) is 7.28. The van der Waals surface area contributed by atoms with Crippen molar-refractivity contribution in [1.29, 1.82) is 0 Å². The molecule has 1 aliphatic heterocycles. The first-order chi connectivity index (χ1) is 10.1. The molecular weight excluding hydrogens is 278 g/mol. The molecule has 1 saturated heterocycles. The molecule has 1 aromatic heterocycles. The molecule has 5 atom stereocenters. The summed E-state index contributed by atoms with van der Waals surface area (Å²) in [6.45, 7) is 1.62. The van der Waals surface area contributed by atoms with Crippen molar-refractivity contribution in [2.24, 2.45) is 0 Å². The zero-order valence-corrected chi connectivity index (χ0v) is 12.0. The monoisotopic (exact) mass is 301 g/mol. The lowest BCUT2D eigenvalue weighted by Gasteiger charge is -2.24. The van der Waals surface area contributed by atoms with Crippen LogP contribution in [0.15, 0.2) is 6.20 Å². The lowest BCUT2D eigenvalue weighted by atomic mass is 10.0. The second-order valence-electron chi connectivity index (χ2n) is 5.40. The van der Waals surface area contributed by atoms with E-state index in [4.69, 9.17) is 4.74 Å². The average Bonchev–Trinajstić information content (AvgIpc) is 2.89. The molecule has 0 unspecified atom stereocenters. The fraction of sp³-hybridized carbons (Fsp3) is 0.846. The Morgan fingerprint density at radius 1 is 1.33 bits per heavy atom. The third-order valence-corrected chi connectivity index (χ3v) is 3.69. The quantitative estimate of drug-likeness (QED) is 0.549. The van der Waals surface area contributed by atoms with Crippen LogP contribution in [0.3, 0.4) is 0 Å². The van der Waals surface area contributed by atoms with Crippen LogP contribution in [0, 0.1) is 0 Å². The lowest BCUT2D eigenvalue weighted by molar-refractivity contribution is -0.151. The van der Waals surface area contributed by atoms with Gasteiger partial charge in [0.05, 0.1) is 24.6 Å². The van der Waals surface area contributed by atoms with Crippen LogP contribution in [-0.2, 0) is 11.2 Å². The first kappa shape index (κ1) is 16.3. The summed E-state index contributed by atoms with van der Waals surface area (Å²) in [4.78, 5) is 0. The van der Waals surface area contributed by atoms with Crippen LogP contribution in [0.4, 0.5) is 0 Å². The molecule has 0 spiro atoms. The summed E-state index contributed by atoms with van der Waals surface area (Å²) in [7, 11) is 0. The summed E-state index contributed by atoms with van der Waals surface area (Å²) < 4.78 is 6.89. The molecule has 2 heterocycles. The van der Waals surface area contributed by atoms with Crippen molar-refractivity contribution in [3.63, 3.8) is 0 Å². The topological polar surface area (TPSA) is 121 Å². The zero-order chi connectivity index (χ0) is 15.4. The van der Waals surface area contributed by atoms with E-state index >= 15 is 0 Å². The minimum absolute atomic E-state index is 0.0630. The zero-order valence-electron chi connectivity index (χ0n) is 12.0. The normalized spacial score (nSPS) is 33.9. The number of hydrogen-bond donors (Lipinski definition) is 4. The van der Waals surface area contributed by atoms with E-state index in [1.165, 1.54) is 4.68 Å². The van der Waals surface area contributed by atoms with Gasteiger partial charge in [-0.15, -0.1) is 5.10 Å². The summed E-state index contributed by atoms with van der Waals surface area (Å²) in [5.74, 6) is 0. The van der Waals surface area contributed by atoms with Crippen molar-refractivity contribution in [3.8, 4) is 0 Å². The Balaban J connectivity index is 2.14. The summed E-state index contributed by atoms with van der Waals surface area (Å²) in [5.41, 5.74) is 0.790. The van der Waals surface area contributed by atoms with Crippen LogP contribution >= 0.6 is 0 Å². The third kappa shape index (κ3) is 3.78. The minimum Gasteiger partial charge on any atom is -0.394 e. The van der Waals surface area contributed by atoms with E-state index in [0.29, 0.717) is 0 Å². The molecule has 0 saturated carbocycles. The van der Waals surface area contributed by atoms with Crippen LogP contribution in [0.5, 0.6) is 0 Å². The molecule has 21 heavy (non-hydrogen) atoms. The number of nitrogens with zero attached hydrogens (tertiary/aromatic N) is 3. The van der Waals surface area contributed by atoms with Crippen LogP contribution in [-0.4, -0.2) is 66.4 Å². The molecule has 0 aromatic carbocycles. The van der Waals surface area contributed by atoms with E-state index in [-0.39, 0.29) is 6.42 Å². The Kier molecular flexibility index (Phi) is 5.65. The summed E-state index contributed by atoms with van der Waals surface area (Å²) in [6.07, 6.45) is -0.899. The molecule has 0 amide bonds. The van der Waals surface area contributed by atoms with E-state index in [2.05, 4.69) is 17.2 Å². The molecule has 2 rings (SSSR count). The summed E-state index contributed by atoms with van der Waals surface area (Å²) in [6, 6.07) is 0. The predicted molar refractivity (Wildman–Crippen MR) is 72.3 cm³/mol. The Hall–Kier alpha value is -1.06. The maximum Gasteiger partial charge on any atom is 0.178 e. The first-order valence-corrected chi connectivity index (χ1v) is 7.28. The van der Waals surface area contributed by atoms with Gasteiger partial charge in [0.1, 0.15) is 18.3 Å². The van der Waals surface area contributed by atoms with Crippen molar-refractivity contribution in [3.05, 3.63) is 11.9 Å². The Morgan fingerprint density at radius 2 is 2.10 bits per heavy atom. The Morgan fingerprint density at radius 3 is 2.76 bits per heavy atom. The Labute approximate surface area is 123 Å². The molecule has 1 aliphatic rings. The van der Waals surface area contributed by atoms with Crippen molar-refractivity contribution in [1.82, 2.24) is 15.0 Å². The molecule has 8 nitrogen and oxygen atoms in total. The predicted octanol–water partition coefficient (Wildman–Crippen LogP) is -1.02. The number of aliphatic hydroxyl groups excluding tert-OH is 4. The Bertz CT molecular complexity index is 441. The number of unbranched alkanes of at least 4 members (excludes halogenated alkanes) is 1. The smallest absolute Gasteiger partial charge is 0.178 e. The van der Waals surface area contributed by atoms with Gasteiger partial charge in [-0.1, -0.05) is 18.6 Å². The van der Waals surface area contributed by atoms with Gasteiger partial charge in [-0.05, 0) is 12.8 Å². The van der Waals surface area contributed by atoms with Gasteiger partial charge in [0.2, 0.25) is 0 Å². The molecule has 8 heteroatoms. The minimum atomic E-state index is -1.25.